The number of amides is 1. The number of carbonyl (C=O) groups excluding carboxylic acids is 1. The van der Waals surface area contributed by atoms with Crippen molar-refractivity contribution in [3.63, 3.8) is 0 Å². The lowest BCUT2D eigenvalue weighted by Crippen LogP contribution is -2.46. The minimum atomic E-state index is -0.0798. The molecule has 0 aromatic carbocycles. The molecule has 0 radical (unpaired) electrons. The van der Waals surface area contributed by atoms with Crippen LogP contribution in [0.15, 0.2) is 22.9 Å². The zero-order chi connectivity index (χ0) is 13.0. The molecule has 1 amide bonds. The van der Waals surface area contributed by atoms with E-state index in [9.17, 15) is 4.79 Å². The van der Waals surface area contributed by atoms with E-state index in [2.05, 4.69) is 38.5 Å². The summed E-state index contributed by atoms with van der Waals surface area (Å²) in [5.41, 5.74) is 0.774. The molecule has 18 heavy (non-hydrogen) atoms. The largest absolute Gasteiger partial charge is 0.324 e. The van der Waals surface area contributed by atoms with Crippen LogP contribution in [0.1, 0.15) is 26.2 Å². The Balaban J connectivity index is 1.97. The minimum Gasteiger partial charge on any atom is -0.324 e. The molecule has 98 valence electrons. The third-order valence-corrected chi connectivity index (χ3v) is 4.07. The highest BCUT2D eigenvalue weighted by molar-refractivity contribution is 9.10. The average molecular weight is 312 g/mol. The molecule has 2 rings (SSSR count). The third-order valence-electron chi connectivity index (χ3n) is 3.44. The van der Waals surface area contributed by atoms with Gasteiger partial charge in [0.2, 0.25) is 5.91 Å². The van der Waals surface area contributed by atoms with Crippen LogP contribution < -0.4 is 10.6 Å². The standard InChI is InChI=1S/C13H18BrN3O/c1-2-9-3-6-16-12(7-9)13(18)17-11-4-5-15-8-10(11)14/h4-5,8-9,12,16H,2-3,6-7H2,1H3,(H,15,17,18). The number of rotatable bonds is 3. The molecular formula is C13H18BrN3O. The predicted molar refractivity (Wildman–Crippen MR) is 75.4 cm³/mol. The number of halogens is 1. The molecule has 4 nitrogen and oxygen atoms in total. The van der Waals surface area contributed by atoms with E-state index in [0.29, 0.717) is 5.92 Å². The van der Waals surface area contributed by atoms with Gasteiger partial charge >= 0.3 is 0 Å². The summed E-state index contributed by atoms with van der Waals surface area (Å²) in [6, 6.07) is 1.71. The van der Waals surface area contributed by atoms with Gasteiger partial charge in [-0.3, -0.25) is 9.78 Å². The number of piperidine rings is 1. The lowest BCUT2D eigenvalue weighted by atomic mass is 9.90. The van der Waals surface area contributed by atoms with Crippen molar-refractivity contribution in [3.8, 4) is 0 Å². The highest BCUT2D eigenvalue weighted by atomic mass is 79.9. The van der Waals surface area contributed by atoms with Crippen LogP contribution in [-0.2, 0) is 4.79 Å². The van der Waals surface area contributed by atoms with Gasteiger partial charge in [-0.2, -0.15) is 0 Å². The van der Waals surface area contributed by atoms with E-state index < -0.39 is 0 Å². The van der Waals surface area contributed by atoms with Crippen molar-refractivity contribution in [3.05, 3.63) is 22.9 Å². The fraction of sp³-hybridized carbons (Fsp3) is 0.538. The normalized spacial score (nSPS) is 23.7. The Morgan fingerprint density at radius 1 is 1.67 bits per heavy atom. The summed E-state index contributed by atoms with van der Waals surface area (Å²) in [5, 5.41) is 6.22. The Kier molecular flexibility index (Phi) is 4.72. The average Bonchev–Trinajstić information content (AvgIpc) is 2.41. The monoisotopic (exact) mass is 311 g/mol. The summed E-state index contributed by atoms with van der Waals surface area (Å²) in [6.07, 6.45) is 6.58. The number of hydrogen-bond donors (Lipinski definition) is 2. The Bertz CT molecular complexity index is 424. The van der Waals surface area contributed by atoms with Crippen LogP contribution in [0.25, 0.3) is 0 Å². The van der Waals surface area contributed by atoms with Gasteiger partial charge in [-0.05, 0) is 47.3 Å². The molecule has 2 heterocycles. The van der Waals surface area contributed by atoms with Gasteiger partial charge in [0.15, 0.2) is 0 Å². The number of anilines is 1. The van der Waals surface area contributed by atoms with Crippen LogP contribution in [0.3, 0.4) is 0 Å². The molecule has 2 unspecified atom stereocenters. The lowest BCUT2D eigenvalue weighted by molar-refractivity contribution is -0.119. The molecule has 1 saturated heterocycles. The van der Waals surface area contributed by atoms with Crippen LogP contribution in [0.4, 0.5) is 5.69 Å². The second kappa shape index (κ2) is 6.29. The smallest absolute Gasteiger partial charge is 0.241 e. The molecule has 2 N–H and O–H groups in total. The fourth-order valence-corrected chi connectivity index (χ4v) is 2.61. The van der Waals surface area contributed by atoms with Crippen molar-refractivity contribution in [2.24, 2.45) is 5.92 Å². The number of aromatic nitrogens is 1. The van der Waals surface area contributed by atoms with Crippen LogP contribution in [0.5, 0.6) is 0 Å². The first-order chi connectivity index (χ1) is 8.70. The topological polar surface area (TPSA) is 54.0 Å². The number of hydrogen-bond acceptors (Lipinski definition) is 3. The van der Waals surface area contributed by atoms with Gasteiger partial charge < -0.3 is 10.6 Å². The van der Waals surface area contributed by atoms with E-state index >= 15 is 0 Å². The molecule has 2 atom stereocenters. The summed E-state index contributed by atoms with van der Waals surface area (Å²) < 4.78 is 0.807. The lowest BCUT2D eigenvalue weighted by Gasteiger charge is -2.28. The molecule has 0 aliphatic carbocycles. The summed E-state index contributed by atoms with van der Waals surface area (Å²) in [6.45, 7) is 3.11. The van der Waals surface area contributed by atoms with E-state index in [4.69, 9.17) is 0 Å². The SMILES string of the molecule is CCC1CCNC(C(=O)Nc2ccncc2Br)C1. The Morgan fingerprint density at radius 2 is 2.50 bits per heavy atom. The maximum Gasteiger partial charge on any atom is 0.241 e. The Morgan fingerprint density at radius 3 is 3.22 bits per heavy atom. The number of nitrogens with zero attached hydrogens (tertiary/aromatic N) is 1. The van der Waals surface area contributed by atoms with Crippen LogP contribution in [-0.4, -0.2) is 23.5 Å². The molecule has 1 aromatic heterocycles. The van der Waals surface area contributed by atoms with E-state index in [0.717, 1.165) is 29.5 Å². The summed E-state index contributed by atoms with van der Waals surface area (Å²) >= 11 is 3.38. The molecule has 1 aliphatic heterocycles. The van der Waals surface area contributed by atoms with Crippen LogP contribution in [0.2, 0.25) is 0 Å². The quantitative estimate of drug-likeness (QED) is 0.902. The minimum absolute atomic E-state index is 0.0417. The van der Waals surface area contributed by atoms with Gasteiger partial charge in [-0.1, -0.05) is 13.3 Å². The van der Waals surface area contributed by atoms with Crippen molar-refractivity contribution < 1.29 is 4.79 Å². The summed E-state index contributed by atoms with van der Waals surface area (Å²) in [4.78, 5) is 16.1. The van der Waals surface area contributed by atoms with Crippen LogP contribution >= 0.6 is 15.9 Å². The third kappa shape index (κ3) is 3.29. The highest BCUT2D eigenvalue weighted by Gasteiger charge is 2.26. The zero-order valence-corrected chi connectivity index (χ0v) is 12.0. The Hall–Kier alpha value is -0.940. The second-order valence-corrected chi connectivity index (χ2v) is 5.50. The molecule has 0 spiro atoms. The van der Waals surface area contributed by atoms with Crippen molar-refractivity contribution in [2.75, 3.05) is 11.9 Å². The van der Waals surface area contributed by atoms with Gasteiger partial charge in [-0.15, -0.1) is 0 Å². The second-order valence-electron chi connectivity index (χ2n) is 4.65. The highest BCUT2D eigenvalue weighted by Crippen LogP contribution is 2.23. The van der Waals surface area contributed by atoms with Gasteiger partial charge in [0.1, 0.15) is 0 Å². The van der Waals surface area contributed by atoms with Crippen molar-refractivity contribution in [1.82, 2.24) is 10.3 Å². The van der Waals surface area contributed by atoms with E-state index in [-0.39, 0.29) is 11.9 Å². The van der Waals surface area contributed by atoms with Crippen LogP contribution in [0, 0.1) is 5.92 Å². The van der Waals surface area contributed by atoms with E-state index in [1.54, 1.807) is 18.5 Å². The summed E-state index contributed by atoms with van der Waals surface area (Å²) in [7, 11) is 0. The molecule has 1 aliphatic rings. The van der Waals surface area contributed by atoms with Crippen molar-refractivity contribution >= 4 is 27.5 Å². The van der Waals surface area contributed by atoms with Gasteiger partial charge in [0.25, 0.3) is 0 Å². The number of nitrogens with one attached hydrogen (secondary N) is 2. The number of carbonyl (C=O) groups is 1. The van der Waals surface area contributed by atoms with Gasteiger partial charge in [-0.25, -0.2) is 0 Å². The van der Waals surface area contributed by atoms with Gasteiger partial charge in [0, 0.05) is 12.4 Å². The molecule has 0 saturated carbocycles. The summed E-state index contributed by atoms with van der Waals surface area (Å²) in [5.74, 6) is 0.697. The van der Waals surface area contributed by atoms with E-state index in [1.807, 2.05) is 0 Å². The maximum atomic E-state index is 12.2. The first-order valence-corrected chi connectivity index (χ1v) is 7.13. The first kappa shape index (κ1) is 13.5. The maximum absolute atomic E-state index is 12.2. The van der Waals surface area contributed by atoms with Crippen molar-refractivity contribution in [2.45, 2.75) is 32.2 Å². The van der Waals surface area contributed by atoms with E-state index in [1.165, 1.54) is 6.42 Å². The zero-order valence-electron chi connectivity index (χ0n) is 10.4. The predicted octanol–water partition coefficient (Wildman–Crippen LogP) is 2.56. The van der Waals surface area contributed by atoms with Gasteiger partial charge in [0.05, 0.1) is 16.2 Å². The molecule has 5 heteroatoms. The molecule has 0 bridgehead atoms. The molecule has 1 aromatic rings. The molecule has 1 fully saturated rings. The number of pyridine rings is 1. The fourth-order valence-electron chi connectivity index (χ4n) is 2.26. The Labute approximate surface area is 116 Å². The first-order valence-electron chi connectivity index (χ1n) is 6.34. The molecular weight excluding hydrogens is 294 g/mol. The van der Waals surface area contributed by atoms with Crippen molar-refractivity contribution in [1.29, 1.82) is 0 Å².